The SMILES string of the molecule is Cn1nc(N2CCN(Cc3ccccc3)CC2)c(=O)n(C)c1=O. The Morgan fingerprint density at radius 3 is 2.30 bits per heavy atom. The Hall–Kier alpha value is -2.41. The molecule has 2 heterocycles. The molecule has 0 unspecified atom stereocenters. The highest BCUT2D eigenvalue weighted by atomic mass is 16.2. The highest BCUT2D eigenvalue weighted by molar-refractivity contribution is 5.35. The zero-order valence-electron chi connectivity index (χ0n) is 13.5. The number of hydrogen-bond acceptors (Lipinski definition) is 5. The molecule has 1 aromatic carbocycles. The minimum Gasteiger partial charge on any atom is -0.348 e. The molecule has 0 bridgehead atoms. The fraction of sp³-hybridized carbons (Fsp3) is 0.438. The fourth-order valence-electron chi connectivity index (χ4n) is 2.84. The zero-order valence-corrected chi connectivity index (χ0v) is 13.5. The summed E-state index contributed by atoms with van der Waals surface area (Å²) in [6, 6.07) is 10.4. The van der Waals surface area contributed by atoms with E-state index in [1.54, 1.807) is 7.05 Å². The summed E-state index contributed by atoms with van der Waals surface area (Å²) in [5.74, 6) is 0.356. The van der Waals surface area contributed by atoms with E-state index in [1.165, 1.54) is 17.3 Å². The Morgan fingerprint density at radius 2 is 1.65 bits per heavy atom. The van der Waals surface area contributed by atoms with Gasteiger partial charge in [-0.1, -0.05) is 30.3 Å². The van der Waals surface area contributed by atoms with Crippen molar-refractivity contribution in [1.82, 2.24) is 19.2 Å². The van der Waals surface area contributed by atoms with Crippen LogP contribution in [0.5, 0.6) is 0 Å². The number of piperazine rings is 1. The maximum Gasteiger partial charge on any atom is 0.346 e. The smallest absolute Gasteiger partial charge is 0.346 e. The van der Waals surface area contributed by atoms with Crippen molar-refractivity contribution in [2.75, 3.05) is 31.1 Å². The molecule has 23 heavy (non-hydrogen) atoms. The van der Waals surface area contributed by atoms with E-state index in [0.29, 0.717) is 5.82 Å². The van der Waals surface area contributed by atoms with Gasteiger partial charge in [-0.3, -0.25) is 14.3 Å². The van der Waals surface area contributed by atoms with Gasteiger partial charge in [-0.15, -0.1) is 5.10 Å². The number of benzene rings is 1. The third-order valence-electron chi connectivity index (χ3n) is 4.23. The average molecular weight is 315 g/mol. The van der Waals surface area contributed by atoms with Crippen LogP contribution in [0.15, 0.2) is 39.9 Å². The van der Waals surface area contributed by atoms with Crippen LogP contribution in [-0.2, 0) is 20.6 Å². The summed E-state index contributed by atoms with van der Waals surface area (Å²) in [5.41, 5.74) is 0.558. The summed E-state index contributed by atoms with van der Waals surface area (Å²) in [6.07, 6.45) is 0. The second-order valence-electron chi connectivity index (χ2n) is 5.84. The topological polar surface area (TPSA) is 63.4 Å². The van der Waals surface area contributed by atoms with Gasteiger partial charge in [0.15, 0.2) is 0 Å². The summed E-state index contributed by atoms with van der Waals surface area (Å²) < 4.78 is 2.33. The van der Waals surface area contributed by atoms with E-state index in [4.69, 9.17) is 0 Å². The molecule has 0 N–H and O–H groups in total. The predicted molar refractivity (Wildman–Crippen MR) is 88.7 cm³/mol. The van der Waals surface area contributed by atoms with Gasteiger partial charge < -0.3 is 4.90 Å². The Morgan fingerprint density at radius 1 is 1.00 bits per heavy atom. The molecular formula is C16H21N5O2. The first-order valence-corrected chi connectivity index (χ1v) is 7.72. The number of aromatic nitrogens is 3. The quantitative estimate of drug-likeness (QED) is 0.785. The van der Waals surface area contributed by atoms with Crippen LogP contribution < -0.4 is 16.1 Å². The van der Waals surface area contributed by atoms with E-state index in [0.717, 1.165) is 37.3 Å². The van der Waals surface area contributed by atoms with E-state index >= 15 is 0 Å². The van der Waals surface area contributed by atoms with Crippen molar-refractivity contribution in [1.29, 1.82) is 0 Å². The van der Waals surface area contributed by atoms with Crippen LogP contribution >= 0.6 is 0 Å². The molecule has 2 aromatic rings. The van der Waals surface area contributed by atoms with Crippen LogP contribution in [0.3, 0.4) is 0 Å². The van der Waals surface area contributed by atoms with Gasteiger partial charge in [0.2, 0.25) is 5.82 Å². The lowest BCUT2D eigenvalue weighted by molar-refractivity contribution is 0.248. The first kappa shape index (κ1) is 15.5. The van der Waals surface area contributed by atoms with Gasteiger partial charge in [0.05, 0.1) is 0 Å². The number of anilines is 1. The number of hydrogen-bond donors (Lipinski definition) is 0. The molecule has 1 aromatic heterocycles. The molecule has 0 spiro atoms. The lowest BCUT2D eigenvalue weighted by atomic mass is 10.2. The Labute approximate surface area is 134 Å². The highest BCUT2D eigenvalue weighted by Gasteiger charge is 2.22. The summed E-state index contributed by atoms with van der Waals surface area (Å²) in [4.78, 5) is 28.3. The van der Waals surface area contributed by atoms with Crippen molar-refractivity contribution in [2.24, 2.45) is 14.1 Å². The Balaban J connectivity index is 1.70. The summed E-state index contributed by atoms with van der Waals surface area (Å²) in [6.45, 7) is 4.10. The van der Waals surface area contributed by atoms with Crippen molar-refractivity contribution < 1.29 is 0 Å². The maximum atomic E-state index is 12.2. The summed E-state index contributed by atoms with van der Waals surface area (Å²) in [5, 5.41) is 4.14. The van der Waals surface area contributed by atoms with E-state index in [-0.39, 0.29) is 5.56 Å². The van der Waals surface area contributed by atoms with Crippen molar-refractivity contribution in [3.05, 3.63) is 56.7 Å². The third kappa shape index (κ3) is 3.19. The molecule has 0 saturated carbocycles. The van der Waals surface area contributed by atoms with Crippen LogP contribution in [0.25, 0.3) is 0 Å². The van der Waals surface area contributed by atoms with Crippen molar-refractivity contribution in [3.63, 3.8) is 0 Å². The van der Waals surface area contributed by atoms with E-state index in [1.807, 2.05) is 23.1 Å². The van der Waals surface area contributed by atoms with Gasteiger partial charge in [0, 0.05) is 46.8 Å². The van der Waals surface area contributed by atoms with Gasteiger partial charge in [0.25, 0.3) is 5.56 Å². The van der Waals surface area contributed by atoms with Gasteiger partial charge >= 0.3 is 5.69 Å². The van der Waals surface area contributed by atoms with Gasteiger partial charge in [-0.05, 0) is 5.56 Å². The predicted octanol–water partition coefficient (Wildman–Crippen LogP) is -0.199. The molecule has 0 radical (unpaired) electrons. The summed E-state index contributed by atoms with van der Waals surface area (Å²) >= 11 is 0. The summed E-state index contributed by atoms with van der Waals surface area (Å²) in [7, 11) is 3.05. The van der Waals surface area contributed by atoms with Crippen molar-refractivity contribution in [2.45, 2.75) is 6.54 Å². The second-order valence-corrected chi connectivity index (χ2v) is 5.84. The number of aryl methyl sites for hydroxylation is 1. The average Bonchev–Trinajstić information content (AvgIpc) is 2.58. The molecule has 1 fully saturated rings. The van der Waals surface area contributed by atoms with Crippen LogP contribution in [0.4, 0.5) is 5.82 Å². The second kappa shape index (κ2) is 6.37. The first-order chi connectivity index (χ1) is 11.1. The minimum atomic E-state index is -0.401. The molecule has 1 aliphatic rings. The van der Waals surface area contributed by atoms with Crippen LogP contribution in [0.2, 0.25) is 0 Å². The van der Waals surface area contributed by atoms with Crippen LogP contribution in [0, 0.1) is 0 Å². The highest BCUT2D eigenvalue weighted by Crippen LogP contribution is 2.11. The molecule has 3 rings (SSSR count). The van der Waals surface area contributed by atoms with E-state index in [9.17, 15) is 9.59 Å². The standard InChI is InChI=1S/C16H21N5O2/c1-18-15(22)14(17-19(2)16(18)23)21-10-8-20(9-11-21)12-13-6-4-3-5-7-13/h3-7H,8-12H2,1-2H3. The Bertz CT molecular complexity index is 788. The molecule has 7 heteroatoms. The molecule has 0 aliphatic carbocycles. The molecule has 1 saturated heterocycles. The molecular weight excluding hydrogens is 294 g/mol. The maximum absolute atomic E-state index is 12.2. The molecule has 0 amide bonds. The van der Waals surface area contributed by atoms with E-state index < -0.39 is 5.69 Å². The molecule has 7 nitrogen and oxygen atoms in total. The number of rotatable bonds is 3. The van der Waals surface area contributed by atoms with Crippen LogP contribution in [-0.4, -0.2) is 45.4 Å². The van der Waals surface area contributed by atoms with Gasteiger partial charge in [0.1, 0.15) is 0 Å². The lowest BCUT2D eigenvalue weighted by Crippen LogP contribution is -2.50. The third-order valence-corrected chi connectivity index (χ3v) is 4.23. The fourth-order valence-corrected chi connectivity index (χ4v) is 2.84. The zero-order chi connectivity index (χ0) is 16.4. The largest absolute Gasteiger partial charge is 0.348 e. The van der Waals surface area contributed by atoms with Crippen molar-refractivity contribution >= 4 is 5.82 Å². The lowest BCUT2D eigenvalue weighted by Gasteiger charge is -2.35. The molecule has 0 atom stereocenters. The molecule has 1 aliphatic heterocycles. The Kier molecular flexibility index (Phi) is 4.29. The van der Waals surface area contributed by atoms with Gasteiger partial charge in [-0.25, -0.2) is 9.48 Å². The van der Waals surface area contributed by atoms with E-state index in [2.05, 4.69) is 22.1 Å². The normalized spacial score (nSPS) is 15.8. The van der Waals surface area contributed by atoms with Crippen molar-refractivity contribution in [3.8, 4) is 0 Å². The molecule has 122 valence electrons. The monoisotopic (exact) mass is 315 g/mol. The number of nitrogens with zero attached hydrogens (tertiary/aromatic N) is 5. The van der Waals surface area contributed by atoms with Crippen LogP contribution in [0.1, 0.15) is 5.56 Å². The van der Waals surface area contributed by atoms with Gasteiger partial charge in [-0.2, -0.15) is 0 Å². The first-order valence-electron chi connectivity index (χ1n) is 7.72. The minimum absolute atomic E-state index is 0.329.